The van der Waals surface area contributed by atoms with E-state index in [1.54, 1.807) is 19.1 Å². The molecule has 1 aliphatic heterocycles. The minimum Gasteiger partial charge on any atom is -0.306 e. The predicted molar refractivity (Wildman–Crippen MR) is 93.3 cm³/mol. The van der Waals surface area contributed by atoms with Gasteiger partial charge in [-0.3, -0.25) is 4.90 Å². The van der Waals surface area contributed by atoms with Crippen molar-refractivity contribution in [2.75, 3.05) is 12.3 Å². The van der Waals surface area contributed by atoms with Crippen molar-refractivity contribution in [1.82, 2.24) is 10.2 Å². The van der Waals surface area contributed by atoms with Gasteiger partial charge in [-0.15, -0.1) is 0 Å². The van der Waals surface area contributed by atoms with Crippen molar-refractivity contribution in [1.29, 1.82) is 0 Å². The minimum absolute atomic E-state index is 0.150. The molecule has 0 spiro atoms. The molecule has 1 heterocycles. The van der Waals surface area contributed by atoms with Gasteiger partial charge in [0.05, 0.1) is 10.6 Å². The molecule has 1 saturated carbocycles. The highest BCUT2D eigenvalue weighted by Gasteiger charge is 2.38. The molecule has 3 unspecified atom stereocenters. The van der Waals surface area contributed by atoms with E-state index in [4.69, 9.17) is 0 Å². The number of nitrogens with one attached hydrogen (secondary N) is 1. The molecule has 2 aliphatic rings. The van der Waals surface area contributed by atoms with Crippen molar-refractivity contribution in [3.8, 4) is 0 Å². The molecule has 1 aliphatic carbocycles. The van der Waals surface area contributed by atoms with Gasteiger partial charge >= 0.3 is 0 Å². The summed E-state index contributed by atoms with van der Waals surface area (Å²) in [5, 5.41) is 3.72. The summed E-state index contributed by atoms with van der Waals surface area (Å²) in [5.41, 5.74) is 1.15. The molecule has 1 saturated heterocycles. The summed E-state index contributed by atoms with van der Waals surface area (Å²) < 4.78 is 23.8. The van der Waals surface area contributed by atoms with Gasteiger partial charge in [0.1, 0.15) is 0 Å². The maximum atomic E-state index is 11.9. The second kappa shape index (κ2) is 6.54. The van der Waals surface area contributed by atoms with Crippen LogP contribution in [0, 0.1) is 0 Å². The van der Waals surface area contributed by atoms with Gasteiger partial charge in [0.25, 0.3) is 0 Å². The second-order valence-corrected chi connectivity index (χ2v) is 9.35. The van der Waals surface area contributed by atoms with Gasteiger partial charge < -0.3 is 5.32 Å². The smallest absolute Gasteiger partial charge is 0.178 e. The molecule has 1 N–H and O–H groups in total. The Morgan fingerprint density at radius 3 is 2.48 bits per heavy atom. The first-order chi connectivity index (χ1) is 10.9. The lowest BCUT2D eigenvalue weighted by molar-refractivity contribution is 0.254. The summed E-state index contributed by atoms with van der Waals surface area (Å²) >= 11 is 0. The highest BCUT2D eigenvalue weighted by Crippen LogP contribution is 2.33. The topological polar surface area (TPSA) is 49.4 Å². The highest BCUT2D eigenvalue weighted by molar-refractivity contribution is 7.91. The molecule has 23 heavy (non-hydrogen) atoms. The molecule has 0 radical (unpaired) electrons. The Morgan fingerprint density at radius 2 is 1.91 bits per heavy atom. The van der Waals surface area contributed by atoms with Gasteiger partial charge in [-0.2, -0.15) is 0 Å². The lowest BCUT2D eigenvalue weighted by Gasteiger charge is -2.21. The largest absolute Gasteiger partial charge is 0.306 e. The van der Waals surface area contributed by atoms with Crippen molar-refractivity contribution in [3.63, 3.8) is 0 Å². The molecule has 0 amide bonds. The van der Waals surface area contributed by atoms with Crippen LogP contribution in [0.4, 0.5) is 0 Å². The Balaban J connectivity index is 1.61. The van der Waals surface area contributed by atoms with Crippen molar-refractivity contribution in [2.45, 2.75) is 69.1 Å². The van der Waals surface area contributed by atoms with Crippen LogP contribution in [0.5, 0.6) is 0 Å². The average molecular weight is 337 g/mol. The second-order valence-electron chi connectivity index (χ2n) is 7.07. The first-order valence-electron chi connectivity index (χ1n) is 8.75. The number of hydrogen-bond donors (Lipinski definition) is 1. The zero-order chi connectivity index (χ0) is 16.6. The average Bonchev–Trinajstić information content (AvgIpc) is 3.31. The van der Waals surface area contributed by atoms with Crippen LogP contribution < -0.4 is 5.32 Å². The lowest BCUT2D eigenvalue weighted by atomic mass is 10.1. The first-order valence-corrected chi connectivity index (χ1v) is 10.4. The third-order valence-electron chi connectivity index (χ3n) is 5.24. The molecular weight excluding hydrogens is 308 g/mol. The fourth-order valence-corrected chi connectivity index (χ4v) is 4.56. The number of sulfone groups is 1. The van der Waals surface area contributed by atoms with E-state index >= 15 is 0 Å². The van der Waals surface area contributed by atoms with Gasteiger partial charge in [0, 0.05) is 30.7 Å². The molecule has 3 atom stereocenters. The summed E-state index contributed by atoms with van der Waals surface area (Å²) in [6.45, 7) is 7.31. The van der Waals surface area contributed by atoms with Gasteiger partial charge in [0.15, 0.2) is 9.84 Å². The van der Waals surface area contributed by atoms with Crippen molar-refractivity contribution in [3.05, 3.63) is 29.8 Å². The summed E-state index contributed by atoms with van der Waals surface area (Å²) in [4.78, 5) is 3.06. The Morgan fingerprint density at radius 1 is 1.26 bits per heavy atom. The van der Waals surface area contributed by atoms with Crippen LogP contribution in [0.15, 0.2) is 29.2 Å². The van der Waals surface area contributed by atoms with E-state index in [9.17, 15) is 8.42 Å². The number of benzene rings is 1. The fraction of sp³-hybridized carbons (Fsp3) is 0.667. The van der Waals surface area contributed by atoms with E-state index in [0.717, 1.165) is 18.2 Å². The molecule has 3 rings (SSSR count). The van der Waals surface area contributed by atoms with E-state index < -0.39 is 9.84 Å². The molecule has 5 heteroatoms. The van der Waals surface area contributed by atoms with Crippen molar-refractivity contribution in [2.24, 2.45) is 0 Å². The van der Waals surface area contributed by atoms with Gasteiger partial charge in [0.2, 0.25) is 0 Å². The van der Waals surface area contributed by atoms with Crippen molar-refractivity contribution >= 4 is 9.84 Å². The predicted octanol–water partition coefficient (Wildman–Crippen LogP) is 2.76. The standard InChI is InChI=1S/C18H28N2O2S/c1-4-23(21,22)18-9-5-15(6-10-18)14(3)19-16-11-13(2)20(12-16)17-7-8-17/h5-6,9-10,13-14,16-17,19H,4,7-8,11-12H2,1-3H3. The number of rotatable bonds is 6. The first kappa shape index (κ1) is 16.9. The quantitative estimate of drug-likeness (QED) is 0.868. The molecular formula is C18H28N2O2S. The highest BCUT2D eigenvalue weighted by atomic mass is 32.2. The molecule has 1 aromatic carbocycles. The Labute approximate surface area is 140 Å². The van der Waals surface area contributed by atoms with Crippen LogP contribution >= 0.6 is 0 Å². The molecule has 128 valence electrons. The van der Waals surface area contributed by atoms with E-state index in [2.05, 4.69) is 24.1 Å². The third kappa shape index (κ3) is 3.78. The lowest BCUT2D eigenvalue weighted by Crippen LogP contribution is -2.35. The monoisotopic (exact) mass is 336 g/mol. The zero-order valence-corrected chi connectivity index (χ0v) is 15.1. The zero-order valence-electron chi connectivity index (χ0n) is 14.3. The number of nitrogens with zero attached hydrogens (tertiary/aromatic N) is 1. The summed E-state index contributed by atoms with van der Waals surface area (Å²) in [6, 6.07) is 9.62. The minimum atomic E-state index is -3.11. The third-order valence-corrected chi connectivity index (χ3v) is 6.99. The Kier molecular flexibility index (Phi) is 4.81. The fourth-order valence-electron chi connectivity index (χ4n) is 3.67. The van der Waals surface area contributed by atoms with Gasteiger partial charge in [-0.05, 0) is 50.8 Å². The number of likely N-dealkylation sites (tertiary alicyclic amines) is 1. The van der Waals surface area contributed by atoms with Crippen LogP contribution in [-0.2, 0) is 9.84 Å². The summed E-state index contributed by atoms with van der Waals surface area (Å²) in [7, 11) is -3.11. The van der Waals surface area contributed by atoms with Crippen LogP contribution in [-0.4, -0.2) is 43.7 Å². The number of hydrogen-bond acceptors (Lipinski definition) is 4. The SMILES string of the molecule is CCS(=O)(=O)c1ccc(C(C)NC2CC(C)N(C3CC3)C2)cc1. The Hall–Kier alpha value is -0.910. The van der Waals surface area contributed by atoms with Gasteiger partial charge in [-0.25, -0.2) is 8.42 Å². The van der Waals surface area contributed by atoms with E-state index in [1.807, 2.05) is 12.1 Å². The molecule has 2 fully saturated rings. The van der Waals surface area contributed by atoms with Gasteiger partial charge in [-0.1, -0.05) is 19.1 Å². The molecule has 0 bridgehead atoms. The van der Waals surface area contributed by atoms with E-state index in [1.165, 1.54) is 19.3 Å². The summed E-state index contributed by atoms with van der Waals surface area (Å²) in [6.07, 6.45) is 3.92. The molecule has 4 nitrogen and oxygen atoms in total. The summed E-state index contributed by atoms with van der Waals surface area (Å²) in [5.74, 6) is 0.150. The van der Waals surface area contributed by atoms with Crippen molar-refractivity contribution < 1.29 is 8.42 Å². The van der Waals surface area contributed by atoms with Crippen LogP contribution in [0.2, 0.25) is 0 Å². The maximum Gasteiger partial charge on any atom is 0.178 e. The normalized spacial score (nSPS) is 27.3. The molecule has 1 aromatic rings. The molecule has 0 aromatic heterocycles. The van der Waals surface area contributed by atoms with E-state index in [-0.39, 0.29) is 11.8 Å². The van der Waals surface area contributed by atoms with Crippen LogP contribution in [0.3, 0.4) is 0 Å². The van der Waals surface area contributed by atoms with Crippen LogP contribution in [0.1, 0.15) is 51.6 Å². The van der Waals surface area contributed by atoms with Crippen LogP contribution in [0.25, 0.3) is 0 Å². The Bertz CT molecular complexity index is 637. The van der Waals surface area contributed by atoms with E-state index in [0.29, 0.717) is 17.0 Å². The maximum absolute atomic E-state index is 11.9.